The maximum absolute atomic E-state index is 12.8. The molecule has 126 valence electrons. The van der Waals surface area contributed by atoms with Crippen molar-refractivity contribution in [1.82, 2.24) is 5.32 Å². The van der Waals surface area contributed by atoms with E-state index in [9.17, 15) is 14.0 Å². The molecule has 0 bridgehead atoms. The van der Waals surface area contributed by atoms with Crippen LogP contribution in [-0.4, -0.2) is 42.8 Å². The Morgan fingerprint density at radius 2 is 1.96 bits per heavy atom. The van der Waals surface area contributed by atoms with Gasteiger partial charge in [0.2, 0.25) is 12.0 Å². The highest BCUT2D eigenvalue weighted by Gasteiger charge is 2.22. The summed E-state index contributed by atoms with van der Waals surface area (Å²) in [6.07, 6.45) is 0.801. The van der Waals surface area contributed by atoms with Crippen LogP contribution in [0.25, 0.3) is 0 Å². The summed E-state index contributed by atoms with van der Waals surface area (Å²) >= 11 is 0. The summed E-state index contributed by atoms with van der Waals surface area (Å²) in [6, 6.07) is 5.04. The summed E-state index contributed by atoms with van der Waals surface area (Å²) in [7, 11) is 0. The minimum Gasteiger partial charge on any atom is -0.478 e. The van der Waals surface area contributed by atoms with Crippen LogP contribution in [0.15, 0.2) is 24.3 Å². The number of carbonyl (C=O) groups excluding carboxylic acids is 1. The van der Waals surface area contributed by atoms with Gasteiger partial charge in [0.05, 0.1) is 6.54 Å². The number of halogens is 1. The molecule has 0 aliphatic carbocycles. The van der Waals surface area contributed by atoms with E-state index in [1.54, 1.807) is 0 Å². The van der Waals surface area contributed by atoms with E-state index in [4.69, 9.17) is 14.6 Å². The number of rotatable bonds is 7. The molecule has 6 nitrogen and oxygen atoms in total. The fraction of sp³-hybridized carbons (Fsp3) is 0.500. The third-order valence-corrected chi connectivity index (χ3v) is 3.67. The quantitative estimate of drug-likeness (QED) is 0.795. The van der Waals surface area contributed by atoms with E-state index >= 15 is 0 Å². The van der Waals surface area contributed by atoms with Gasteiger partial charge in [0.1, 0.15) is 11.6 Å². The normalized spacial score (nSPS) is 16.6. The lowest BCUT2D eigenvalue weighted by molar-refractivity contribution is -0.145. The number of carboxylic acid groups (broad SMARTS) is 1. The van der Waals surface area contributed by atoms with Gasteiger partial charge < -0.3 is 19.9 Å². The van der Waals surface area contributed by atoms with E-state index < -0.39 is 17.9 Å². The van der Waals surface area contributed by atoms with Gasteiger partial charge in [-0.25, -0.2) is 9.18 Å². The number of nitrogens with one attached hydrogen (secondary N) is 1. The Morgan fingerprint density at radius 3 is 2.57 bits per heavy atom. The molecule has 1 aliphatic heterocycles. The van der Waals surface area contributed by atoms with Crippen molar-refractivity contribution in [2.75, 3.05) is 19.8 Å². The highest BCUT2D eigenvalue weighted by Crippen LogP contribution is 2.18. The first-order chi connectivity index (χ1) is 11.0. The Hall–Kier alpha value is -2.15. The third-order valence-electron chi connectivity index (χ3n) is 3.67. The molecule has 1 aromatic carbocycles. The molecule has 1 heterocycles. The van der Waals surface area contributed by atoms with Gasteiger partial charge in [-0.3, -0.25) is 4.79 Å². The van der Waals surface area contributed by atoms with Crippen molar-refractivity contribution in [2.45, 2.75) is 25.4 Å². The predicted octanol–water partition coefficient (Wildman–Crippen LogP) is 1.59. The molecule has 0 spiro atoms. The average Bonchev–Trinajstić information content (AvgIpc) is 2.54. The summed E-state index contributed by atoms with van der Waals surface area (Å²) in [5.41, 5.74) is 0. The van der Waals surface area contributed by atoms with Crippen LogP contribution >= 0.6 is 0 Å². The number of ether oxygens (including phenoxy) is 2. The minimum atomic E-state index is -1.22. The fourth-order valence-electron chi connectivity index (χ4n) is 2.35. The Kier molecular flexibility index (Phi) is 6.34. The van der Waals surface area contributed by atoms with Crippen molar-refractivity contribution in [1.29, 1.82) is 0 Å². The van der Waals surface area contributed by atoms with E-state index in [1.807, 2.05) is 0 Å². The van der Waals surface area contributed by atoms with Crippen molar-refractivity contribution < 1.29 is 28.6 Å². The fourth-order valence-corrected chi connectivity index (χ4v) is 2.35. The van der Waals surface area contributed by atoms with Crippen molar-refractivity contribution >= 4 is 11.9 Å². The lowest BCUT2D eigenvalue weighted by Crippen LogP contribution is -2.41. The molecule has 23 heavy (non-hydrogen) atoms. The van der Waals surface area contributed by atoms with E-state index in [-0.39, 0.29) is 24.1 Å². The molecule has 2 N–H and O–H groups in total. The maximum atomic E-state index is 12.8. The van der Waals surface area contributed by atoms with Crippen LogP contribution in [0.5, 0.6) is 5.75 Å². The van der Waals surface area contributed by atoms with Gasteiger partial charge in [-0.1, -0.05) is 0 Å². The molecular formula is C16H20FNO5. The second kappa shape index (κ2) is 8.47. The molecule has 1 unspecified atom stereocenters. The first-order valence-electron chi connectivity index (χ1n) is 7.54. The molecule has 1 fully saturated rings. The zero-order valence-corrected chi connectivity index (χ0v) is 12.7. The molecule has 7 heteroatoms. The highest BCUT2D eigenvalue weighted by atomic mass is 19.1. The summed E-state index contributed by atoms with van der Waals surface area (Å²) < 4.78 is 23.3. The van der Waals surface area contributed by atoms with E-state index in [1.165, 1.54) is 24.3 Å². The van der Waals surface area contributed by atoms with Gasteiger partial charge in [-0.2, -0.15) is 0 Å². The maximum Gasteiger partial charge on any atom is 0.346 e. The standard InChI is InChI=1S/C16H20FNO5/c17-12-1-3-13(4-2-12)23-14(16(20)21)10-18-15(19)9-11-5-7-22-8-6-11/h1-4,11,14H,5-10H2,(H,18,19)(H,20,21). The molecule has 0 saturated carbocycles. The molecule has 1 aliphatic rings. The number of carbonyl (C=O) groups is 2. The highest BCUT2D eigenvalue weighted by molar-refractivity contribution is 5.78. The minimum absolute atomic E-state index is 0.144. The van der Waals surface area contributed by atoms with E-state index in [0.717, 1.165) is 12.8 Å². The molecule has 0 aromatic heterocycles. The smallest absolute Gasteiger partial charge is 0.346 e. The van der Waals surface area contributed by atoms with Crippen LogP contribution in [0.2, 0.25) is 0 Å². The summed E-state index contributed by atoms with van der Waals surface area (Å²) in [6.45, 7) is 1.17. The summed E-state index contributed by atoms with van der Waals surface area (Å²) in [5.74, 6) is -1.33. The molecule has 2 rings (SSSR count). The first-order valence-corrected chi connectivity index (χ1v) is 7.54. The third kappa shape index (κ3) is 5.86. The number of hydrogen-bond donors (Lipinski definition) is 2. The summed E-state index contributed by atoms with van der Waals surface area (Å²) in [4.78, 5) is 23.1. The Morgan fingerprint density at radius 1 is 1.30 bits per heavy atom. The number of hydrogen-bond acceptors (Lipinski definition) is 4. The monoisotopic (exact) mass is 325 g/mol. The van der Waals surface area contributed by atoms with Crippen LogP contribution < -0.4 is 10.1 Å². The first kappa shape index (κ1) is 17.2. The average molecular weight is 325 g/mol. The van der Waals surface area contributed by atoms with Gasteiger partial charge in [0.25, 0.3) is 0 Å². The SMILES string of the molecule is O=C(CC1CCOCC1)NCC(Oc1ccc(F)cc1)C(=O)O. The van der Waals surface area contributed by atoms with Crippen LogP contribution in [-0.2, 0) is 14.3 Å². The van der Waals surface area contributed by atoms with Crippen molar-refractivity contribution in [3.63, 3.8) is 0 Å². The molecule has 0 radical (unpaired) electrons. The van der Waals surface area contributed by atoms with Gasteiger partial charge in [0, 0.05) is 19.6 Å². The van der Waals surface area contributed by atoms with Crippen LogP contribution in [0.1, 0.15) is 19.3 Å². The number of carboxylic acids is 1. The second-order valence-corrected chi connectivity index (χ2v) is 5.46. The molecular weight excluding hydrogens is 305 g/mol. The predicted molar refractivity (Wildman–Crippen MR) is 79.6 cm³/mol. The van der Waals surface area contributed by atoms with Gasteiger partial charge in [-0.15, -0.1) is 0 Å². The number of amides is 1. The van der Waals surface area contributed by atoms with Crippen LogP contribution in [0.3, 0.4) is 0 Å². The molecule has 1 saturated heterocycles. The van der Waals surface area contributed by atoms with Crippen LogP contribution in [0.4, 0.5) is 4.39 Å². The second-order valence-electron chi connectivity index (χ2n) is 5.46. The number of aliphatic carboxylic acids is 1. The Bertz CT molecular complexity index is 528. The lowest BCUT2D eigenvalue weighted by Gasteiger charge is -2.22. The van der Waals surface area contributed by atoms with Crippen LogP contribution in [0, 0.1) is 11.7 Å². The zero-order chi connectivity index (χ0) is 16.7. The largest absolute Gasteiger partial charge is 0.478 e. The lowest BCUT2D eigenvalue weighted by atomic mass is 9.96. The van der Waals surface area contributed by atoms with E-state index in [0.29, 0.717) is 19.6 Å². The zero-order valence-electron chi connectivity index (χ0n) is 12.7. The Balaban J connectivity index is 1.80. The molecule has 1 atom stereocenters. The van der Waals surface area contributed by atoms with Gasteiger partial charge >= 0.3 is 5.97 Å². The van der Waals surface area contributed by atoms with Crippen molar-refractivity contribution in [3.8, 4) is 5.75 Å². The van der Waals surface area contributed by atoms with Crippen molar-refractivity contribution in [3.05, 3.63) is 30.1 Å². The summed E-state index contributed by atoms with van der Waals surface area (Å²) in [5, 5.41) is 11.7. The van der Waals surface area contributed by atoms with Gasteiger partial charge in [-0.05, 0) is 43.0 Å². The molecule has 1 amide bonds. The van der Waals surface area contributed by atoms with E-state index in [2.05, 4.69) is 5.32 Å². The number of benzene rings is 1. The Labute approximate surface area is 133 Å². The molecule has 1 aromatic rings. The van der Waals surface area contributed by atoms with Gasteiger partial charge in [0.15, 0.2) is 0 Å². The topological polar surface area (TPSA) is 84.9 Å². The van der Waals surface area contributed by atoms with Crippen molar-refractivity contribution in [2.24, 2.45) is 5.92 Å².